The summed E-state index contributed by atoms with van der Waals surface area (Å²) in [6, 6.07) is 13.9. The third-order valence-electron chi connectivity index (χ3n) is 4.95. The minimum absolute atomic E-state index is 0.113. The Kier molecular flexibility index (Phi) is 5.17. The van der Waals surface area contributed by atoms with Gasteiger partial charge in [-0.2, -0.15) is 0 Å². The van der Waals surface area contributed by atoms with Crippen molar-refractivity contribution in [3.8, 4) is 5.75 Å². The summed E-state index contributed by atoms with van der Waals surface area (Å²) in [6.07, 6.45) is 2.70. The fourth-order valence-electron chi connectivity index (χ4n) is 3.70. The third kappa shape index (κ3) is 3.94. The minimum atomic E-state index is -0.235. The lowest BCUT2D eigenvalue weighted by Crippen LogP contribution is -2.46. The summed E-state index contributed by atoms with van der Waals surface area (Å²) in [5.41, 5.74) is 1.75. The molecule has 3 nitrogen and oxygen atoms in total. The number of benzene rings is 2. The van der Waals surface area contributed by atoms with Crippen LogP contribution >= 0.6 is 0 Å². The second-order valence-electron chi connectivity index (χ2n) is 6.90. The number of halogens is 1. The second-order valence-corrected chi connectivity index (χ2v) is 6.90. The van der Waals surface area contributed by atoms with Crippen LogP contribution < -0.4 is 0 Å². The number of para-hydroxylation sites is 1. The van der Waals surface area contributed by atoms with Crippen molar-refractivity contribution in [1.82, 2.24) is 4.90 Å². The van der Waals surface area contributed by atoms with Crippen LogP contribution in [-0.2, 0) is 13.0 Å². The Morgan fingerprint density at radius 1 is 1.08 bits per heavy atom. The molecule has 2 aromatic carbocycles. The Morgan fingerprint density at radius 3 is 2.54 bits per heavy atom. The number of phenols is 1. The van der Waals surface area contributed by atoms with Crippen LogP contribution in [0.1, 0.15) is 24.0 Å². The largest absolute Gasteiger partial charge is 0.508 e. The molecule has 0 amide bonds. The molecule has 0 aliphatic carbocycles. The van der Waals surface area contributed by atoms with E-state index in [-0.39, 0.29) is 17.8 Å². The molecule has 0 radical (unpaired) electrons. The number of aliphatic hydroxyl groups excluding tert-OH is 1. The summed E-state index contributed by atoms with van der Waals surface area (Å²) in [7, 11) is 0. The predicted molar refractivity (Wildman–Crippen MR) is 92.2 cm³/mol. The number of likely N-dealkylation sites (tertiary alicyclic amines) is 1. The van der Waals surface area contributed by atoms with Crippen molar-refractivity contribution in [2.45, 2.75) is 25.8 Å². The SMILES string of the molecule is OCC1(Cc2ccc(F)cc2)CCCN(Cc2ccccc2O)C1. The van der Waals surface area contributed by atoms with Gasteiger partial charge in [0.2, 0.25) is 0 Å². The molecule has 1 heterocycles. The zero-order valence-electron chi connectivity index (χ0n) is 13.8. The van der Waals surface area contributed by atoms with Crippen LogP contribution in [0.4, 0.5) is 4.39 Å². The van der Waals surface area contributed by atoms with E-state index in [9.17, 15) is 14.6 Å². The Morgan fingerprint density at radius 2 is 1.83 bits per heavy atom. The Labute approximate surface area is 142 Å². The van der Waals surface area contributed by atoms with E-state index in [0.717, 1.165) is 43.5 Å². The molecule has 0 saturated carbocycles. The summed E-state index contributed by atoms with van der Waals surface area (Å²) in [6.45, 7) is 2.52. The Hall–Kier alpha value is -1.91. The average molecular weight is 329 g/mol. The van der Waals surface area contributed by atoms with E-state index in [2.05, 4.69) is 4.90 Å². The second kappa shape index (κ2) is 7.32. The molecule has 2 N–H and O–H groups in total. The lowest BCUT2D eigenvalue weighted by molar-refractivity contribution is 0.0286. The van der Waals surface area contributed by atoms with E-state index in [1.165, 1.54) is 12.1 Å². The standard InChI is InChI=1S/C20H24FNO2/c21-18-8-6-16(7-9-18)12-20(15-23)10-3-11-22(14-20)13-17-4-1-2-5-19(17)24/h1-2,4-9,23-24H,3,10-15H2. The number of rotatable bonds is 5. The molecule has 4 heteroatoms. The number of piperidine rings is 1. The quantitative estimate of drug-likeness (QED) is 0.884. The van der Waals surface area contributed by atoms with Gasteiger partial charge in [-0.05, 0) is 49.6 Å². The van der Waals surface area contributed by atoms with Gasteiger partial charge in [0.05, 0.1) is 6.61 Å². The van der Waals surface area contributed by atoms with Crippen molar-refractivity contribution in [2.24, 2.45) is 5.41 Å². The first-order valence-electron chi connectivity index (χ1n) is 8.45. The molecule has 3 rings (SSSR count). The van der Waals surface area contributed by atoms with Crippen LogP contribution in [0.2, 0.25) is 0 Å². The molecular weight excluding hydrogens is 305 g/mol. The van der Waals surface area contributed by atoms with Crippen molar-refractivity contribution in [3.05, 3.63) is 65.5 Å². The fraction of sp³-hybridized carbons (Fsp3) is 0.400. The monoisotopic (exact) mass is 329 g/mol. The van der Waals surface area contributed by atoms with E-state index in [1.807, 2.05) is 18.2 Å². The number of phenolic OH excluding ortho intramolecular Hbond substituents is 1. The molecule has 24 heavy (non-hydrogen) atoms. The molecular formula is C20H24FNO2. The predicted octanol–water partition coefficient (Wildman–Crippen LogP) is 3.35. The maximum atomic E-state index is 13.1. The van der Waals surface area contributed by atoms with Crippen LogP contribution in [0, 0.1) is 11.2 Å². The highest BCUT2D eigenvalue weighted by molar-refractivity contribution is 5.31. The van der Waals surface area contributed by atoms with Gasteiger partial charge >= 0.3 is 0 Å². The molecule has 1 fully saturated rings. The van der Waals surface area contributed by atoms with Gasteiger partial charge in [0.25, 0.3) is 0 Å². The van der Waals surface area contributed by atoms with Gasteiger partial charge in [0.1, 0.15) is 11.6 Å². The minimum Gasteiger partial charge on any atom is -0.508 e. The summed E-state index contributed by atoms with van der Waals surface area (Å²) >= 11 is 0. The van der Waals surface area contributed by atoms with Crippen LogP contribution in [0.25, 0.3) is 0 Å². The number of nitrogens with zero attached hydrogens (tertiary/aromatic N) is 1. The van der Waals surface area contributed by atoms with Gasteiger partial charge in [0, 0.05) is 24.1 Å². The smallest absolute Gasteiger partial charge is 0.123 e. The Balaban J connectivity index is 1.72. The van der Waals surface area contributed by atoms with Crippen LogP contribution in [0.15, 0.2) is 48.5 Å². The summed E-state index contributed by atoms with van der Waals surface area (Å²) < 4.78 is 13.1. The maximum Gasteiger partial charge on any atom is 0.123 e. The summed E-state index contributed by atoms with van der Waals surface area (Å²) in [4.78, 5) is 2.29. The van der Waals surface area contributed by atoms with Gasteiger partial charge in [-0.1, -0.05) is 30.3 Å². The van der Waals surface area contributed by atoms with Crippen LogP contribution in [0.5, 0.6) is 5.75 Å². The van der Waals surface area contributed by atoms with Crippen LogP contribution in [-0.4, -0.2) is 34.8 Å². The zero-order valence-corrected chi connectivity index (χ0v) is 13.8. The highest BCUT2D eigenvalue weighted by Gasteiger charge is 2.35. The lowest BCUT2D eigenvalue weighted by Gasteiger charge is -2.42. The van der Waals surface area contributed by atoms with Crippen molar-refractivity contribution in [1.29, 1.82) is 0 Å². The fourth-order valence-corrected chi connectivity index (χ4v) is 3.70. The van der Waals surface area contributed by atoms with Gasteiger partial charge in [-0.3, -0.25) is 4.90 Å². The first-order chi connectivity index (χ1) is 11.6. The molecule has 0 bridgehead atoms. The van der Waals surface area contributed by atoms with Gasteiger partial charge in [-0.25, -0.2) is 4.39 Å². The average Bonchev–Trinajstić information content (AvgIpc) is 2.59. The summed E-state index contributed by atoms with van der Waals surface area (Å²) in [5, 5.41) is 20.0. The lowest BCUT2D eigenvalue weighted by atomic mass is 9.75. The van der Waals surface area contributed by atoms with Crippen LogP contribution in [0.3, 0.4) is 0 Å². The highest BCUT2D eigenvalue weighted by Crippen LogP contribution is 2.34. The van der Waals surface area contributed by atoms with Gasteiger partial charge in [-0.15, -0.1) is 0 Å². The maximum absolute atomic E-state index is 13.1. The number of aliphatic hydroxyl groups is 1. The molecule has 1 aliphatic heterocycles. The van der Waals surface area contributed by atoms with Crippen molar-refractivity contribution in [3.63, 3.8) is 0 Å². The molecule has 1 atom stereocenters. The molecule has 128 valence electrons. The van der Waals surface area contributed by atoms with Crippen molar-refractivity contribution in [2.75, 3.05) is 19.7 Å². The number of hydrogen-bond acceptors (Lipinski definition) is 3. The first kappa shape index (κ1) is 16.9. The molecule has 1 saturated heterocycles. The Bertz CT molecular complexity index is 674. The topological polar surface area (TPSA) is 43.7 Å². The van der Waals surface area contributed by atoms with Crippen molar-refractivity contribution < 1.29 is 14.6 Å². The normalized spacial score (nSPS) is 21.8. The third-order valence-corrected chi connectivity index (χ3v) is 4.95. The first-order valence-corrected chi connectivity index (χ1v) is 8.45. The highest BCUT2D eigenvalue weighted by atomic mass is 19.1. The van der Waals surface area contributed by atoms with Gasteiger partial charge < -0.3 is 10.2 Å². The molecule has 1 aliphatic rings. The van der Waals surface area contributed by atoms with E-state index in [4.69, 9.17) is 0 Å². The van der Waals surface area contributed by atoms with E-state index in [0.29, 0.717) is 12.3 Å². The summed E-state index contributed by atoms with van der Waals surface area (Å²) in [5.74, 6) is 0.0813. The number of hydrogen-bond donors (Lipinski definition) is 2. The van der Waals surface area contributed by atoms with E-state index >= 15 is 0 Å². The van der Waals surface area contributed by atoms with E-state index in [1.54, 1.807) is 18.2 Å². The molecule has 2 aromatic rings. The van der Waals surface area contributed by atoms with Crippen molar-refractivity contribution >= 4 is 0 Å². The van der Waals surface area contributed by atoms with Gasteiger partial charge in [0.15, 0.2) is 0 Å². The molecule has 1 unspecified atom stereocenters. The number of aromatic hydroxyl groups is 1. The van der Waals surface area contributed by atoms with E-state index < -0.39 is 0 Å². The molecule has 0 aromatic heterocycles. The zero-order chi connectivity index (χ0) is 17.0. The molecule has 0 spiro atoms.